The molecule has 5 heteroatoms. The summed E-state index contributed by atoms with van der Waals surface area (Å²) in [6.07, 6.45) is 1.78. The molecule has 0 amide bonds. The van der Waals surface area contributed by atoms with E-state index in [-0.39, 0.29) is 0 Å². The van der Waals surface area contributed by atoms with Gasteiger partial charge in [0.15, 0.2) is 5.76 Å². The zero-order chi connectivity index (χ0) is 12.1. The lowest BCUT2D eigenvalue weighted by Gasteiger charge is -1.97. The average Bonchev–Trinajstić information content (AvgIpc) is 2.93. The smallest absolute Gasteiger partial charge is 0.283 e. The molecule has 2 aromatic heterocycles. The van der Waals surface area contributed by atoms with E-state index in [1.165, 1.54) is 0 Å². The Kier molecular flexibility index (Phi) is 3.93. The van der Waals surface area contributed by atoms with E-state index in [1.807, 2.05) is 19.1 Å². The summed E-state index contributed by atoms with van der Waals surface area (Å²) in [4.78, 5) is 0. The molecule has 2 rings (SSSR count). The highest BCUT2D eigenvalue weighted by atomic mass is 16.4. The molecule has 0 saturated heterocycles. The van der Waals surface area contributed by atoms with Crippen molar-refractivity contribution in [3.05, 3.63) is 23.8 Å². The first kappa shape index (κ1) is 11.9. The van der Waals surface area contributed by atoms with Crippen molar-refractivity contribution in [3.8, 4) is 11.7 Å². The zero-order valence-electron chi connectivity index (χ0n) is 10.2. The van der Waals surface area contributed by atoms with Gasteiger partial charge in [0.2, 0.25) is 5.89 Å². The van der Waals surface area contributed by atoms with E-state index < -0.39 is 0 Å². The Balaban J connectivity index is 1.92. The molecule has 92 valence electrons. The highest BCUT2D eigenvalue weighted by molar-refractivity contribution is 5.43. The normalized spacial score (nSPS) is 10.9. The van der Waals surface area contributed by atoms with Gasteiger partial charge in [0.05, 0.1) is 0 Å². The van der Waals surface area contributed by atoms with Crippen molar-refractivity contribution in [2.24, 2.45) is 0 Å². The number of hydrogen-bond donors (Lipinski definition) is 1. The third-order valence-electron chi connectivity index (χ3n) is 2.41. The van der Waals surface area contributed by atoms with E-state index in [1.54, 1.807) is 0 Å². The molecule has 0 aliphatic heterocycles. The minimum atomic E-state index is 0.455. The van der Waals surface area contributed by atoms with Crippen LogP contribution in [0.25, 0.3) is 11.7 Å². The van der Waals surface area contributed by atoms with Crippen LogP contribution in [0.3, 0.4) is 0 Å². The van der Waals surface area contributed by atoms with Crippen LogP contribution in [0, 0.1) is 6.92 Å². The number of rotatable bonds is 6. The van der Waals surface area contributed by atoms with Gasteiger partial charge in [-0.2, -0.15) is 0 Å². The van der Waals surface area contributed by atoms with Crippen LogP contribution in [0.4, 0.5) is 0 Å². The summed E-state index contributed by atoms with van der Waals surface area (Å²) in [5.41, 5.74) is 0. The molecule has 0 saturated carbocycles. The Labute approximate surface area is 100 Å². The van der Waals surface area contributed by atoms with Crippen LogP contribution in [-0.4, -0.2) is 23.3 Å². The van der Waals surface area contributed by atoms with E-state index in [9.17, 15) is 0 Å². The van der Waals surface area contributed by atoms with Crippen LogP contribution in [0.5, 0.6) is 0 Å². The SMILES string of the molecule is CCNCCCc1nnc(-c2ccc(C)o2)o1. The second kappa shape index (κ2) is 5.63. The highest BCUT2D eigenvalue weighted by Gasteiger charge is 2.11. The molecular weight excluding hydrogens is 218 g/mol. The minimum Gasteiger partial charge on any atom is -0.456 e. The van der Waals surface area contributed by atoms with Gasteiger partial charge in [-0.25, -0.2) is 0 Å². The van der Waals surface area contributed by atoms with E-state index in [2.05, 4.69) is 22.4 Å². The average molecular weight is 235 g/mol. The summed E-state index contributed by atoms with van der Waals surface area (Å²) >= 11 is 0. The van der Waals surface area contributed by atoms with Crippen LogP contribution in [0.1, 0.15) is 25.0 Å². The summed E-state index contributed by atoms with van der Waals surface area (Å²) in [5, 5.41) is 11.2. The number of nitrogens with one attached hydrogen (secondary N) is 1. The first-order valence-corrected chi connectivity index (χ1v) is 5.89. The quantitative estimate of drug-likeness (QED) is 0.777. The molecule has 17 heavy (non-hydrogen) atoms. The molecule has 0 aliphatic carbocycles. The van der Waals surface area contributed by atoms with E-state index in [0.717, 1.165) is 31.7 Å². The Morgan fingerprint density at radius 1 is 1.24 bits per heavy atom. The fourth-order valence-corrected chi connectivity index (χ4v) is 1.55. The number of furan rings is 1. The van der Waals surface area contributed by atoms with Gasteiger partial charge < -0.3 is 14.2 Å². The number of hydrogen-bond acceptors (Lipinski definition) is 5. The largest absolute Gasteiger partial charge is 0.456 e. The van der Waals surface area contributed by atoms with E-state index >= 15 is 0 Å². The summed E-state index contributed by atoms with van der Waals surface area (Å²) < 4.78 is 10.9. The third-order valence-corrected chi connectivity index (χ3v) is 2.41. The van der Waals surface area contributed by atoms with Crippen molar-refractivity contribution < 1.29 is 8.83 Å². The van der Waals surface area contributed by atoms with Crippen molar-refractivity contribution in [1.82, 2.24) is 15.5 Å². The fourth-order valence-electron chi connectivity index (χ4n) is 1.55. The third kappa shape index (κ3) is 3.17. The van der Waals surface area contributed by atoms with Crippen LogP contribution in [0.15, 0.2) is 21.0 Å². The van der Waals surface area contributed by atoms with Crippen molar-refractivity contribution >= 4 is 0 Å². The monoisotopic (exact) mass is 235 g/mol. The molecular formula is C12H17N3O2. The second-order valence-electron chi connectivity index (χ2n) is 3.87. The Morgan fingerprint density at radius 2 is 2.12 bits per heavy atom. The molecule has 0 fully saturated rings. The first-order chi connectivity index (χ1) is 8.29. The van der Waals surface area contributed by atoms with Gasteiger partial charge in [0.1, 0.15) is 5.76 Å². The fraction of sp³-hybridized carbons (Fsp3) is 0.500. The lowest BCUT2D eigenvalue weighted by atomic mass is 10.3. The summed E-state index contributed by atoms with van der Waals surface area (Å²) in [6, 6.07) is 3.72. The van der Waals surface area contributed by atoms with Gasteiger partial charge in [0.25, 0.3) is 5.89 Å². The van der Waals surface area contributed by atoms with Crippen LogP contribution < -0.4 is 5.32 Å². The summed E-state index contributed by atoms with van der Waals surface area (Å²) in [5.74, 6) is 2.59. The molecule has 0 spiro atoms. The molecule has 0 aliphatic rings. The standard InChI is InChI=1S/C12H17N3O2/c1-3-13-8-4-5-11-14-15-12(17-11)10-7-6-9(2)16-10/h6-7,13H,3-5,8H2,1-2H3. The van der Waals surface area contributed by atoms with Crippen molar-refractivity contribution in [1.29, 1.82) is 0 Å². The molecule has 0 aromatic carbocycles. The molecule has 0 unspecified atom stereocenters. The number of aromatic nitrogens is 2. The lowest BCUT2D eigenvalue weighted by Crippen LogP contribution is -2.14. The van der Waals surface area contributed by atoms with Gasteiger partial charge in [-0.3, -0.25) is 0 Å². The van der Waals surface area contributed by atoms with Gasteiger partial charge in [-0.1, -0.05) is 6.92 Å². The molecule has 1 N–H and O–H groups in total. The summed E-state index contributed by atoms with van der Waals surface area (Å²) in [7, 11) is 0. The second-order valence-corrected chi connectivity index (χ2v) is 3.87. The molecule has 0 radical (unpaired) electrons. The van der Waals surface area contributed by atoms with Gasteiger partial charge in [0, 0.05) is 6.42 Å². The first-order valence-electron chi connectivity index (χ1n) is 5.89. The number of nitrogens with zero attached hydrogens (tertiary/aromatic N) is 2. The van der Waals surface area contributed by atoms with Crippen LogP contribution >= 0.6 is 0 Å². The molecule has 2 aromatic rings. The van der Waals surface area contributed by atoms with Crippen molar-refractivity contribution in [2.75, 3.05) is 13.1 Å². The summed E-state index contributed by atoms with van der Waals surface area (Å²) in [6.45, 7) is 5.93. The molecule has 0 bridgehead atoms. The predicted molar refractivity (Wildman–Crippen MR) is 63.6 cm³/mol. The van der Waals surface area contributed by atoms with Crippen LogP contribution in [0.2, 0.25) is 0 Å². The minimum absolute atomic E-state index is 0.455. The predicted octanol–water partition coefficient (Wildman–Crippen LogP) is 2.18. The van der Waals surface area contributed by atoms with E-state index in [4.69, 9.17) is 8.83 Å². The molecule has 5 nitrogen and oxygen atoms in total. The topological polar surface area (TPSA) is 64.1 Å². The van der Waals surface area contributed by atoms with Gasteiger partial charge in [-0.15, -0.1) is 10.2 Å². The Bertz CT molecular complexity index is 462. The molecule has 2 heterocycles. The Morgan fingerprint density at radius 3 is 2.82 bits per heavy atom. The van der Waals surface area contributed by atoms with Crippen LogP contribution in [-0.2, 0) is 6.42 Å². The van der Waals surface area contributed by atoms with E-state index in [0.29, 0.717) is 17.5 Å². The number of aryl methyl sites for hydroxylation is 2. The zero-order valence-corrected chi connectivity index (χ0v) is 10.2. The van der Waals surface area contributed by atoms with Gasteiger partial charge >= 0.3 is 0 Å². The Hall–Kier alpha value is -1.62. The maximum Gasteiger partial charge on any atom is 0.283 e. The van der Waals surface area contributed by atoms with Crippen molar-refractivity contribution in [3.63, 3.8) is 0 Å². The van der Waals surface area contributed by atoms with Crippen molar-refractivity contribution in [2.45, 2.75) is 26.7 Å². The maximum absolute atomic E-state index is 5.52. The highest BCUT2D eigenvalue weighted by Crippen LogP contribution is 2.20. The van der Waals surface area contributed by atoms with Gasteiger partial charge in [-0.05, 0) is 38.6 Å². The lowest BCUT2D eigenvalue weighted by molar-refractivity contribution is 0.466. The molecule has 0 atom stereocenters. The maximum atomic E-state index is 5.52.